The zero-order valence-electron chi connectivity index (χ0n) is 12.7. The standard InChI is InChI=1S/C15H18N2O5/c1-15(2,3)22-13(18)10-20-14(19)12-6-5-11(21-12)9-17-8-4-7-16-17/h4-8H,9-10H2,1-3H3. The first-order chi connectivity index (χ1) is 10.3. The highest BCUT2D eigenvalue weighted by molar-refractivity contribution is 5.88. The molecule has 0 fully saturated rings. The van der Waals surface area contributed by atoms with Crippen LogP contribution in [0, 0.1) is 0 Å². The highest BCUT2D eigenvalue weighted by atomic mass is 16.6. The maximum atomic E-state index is 11.8. The highest BCUT2D eigenvalue weighted by Gasteiger charge is 2.19. The van der Waals surface area contributed by atoms with Gasteiger partial charge in [0.25, 0.3) is 0 Å². The van der Waals surface area contributed by atoms with E-state index in [0.717, 1.165) is 0 Å². The van der Waals surface area contributed by atoms with E-state index in [1.54, 1.807) is 50.0 Å². The Labute approximate surface area is 127 Å². The largest absolute Gasteiger partial charge is 0.457 e. The summed E-state index contributed by atoms with van der Waals surface area (Å²) in [5, 5.41) is 4.04. The third-order valence-corrected chi connectivity index (χ3v) is 2.48. The third-order valence-electron chi connectivity index (χ3n) is 2.48. The second-order valence-corrected chi connectivity index (χ2v) is 5.63. The lowest BCUT2D eigenvalue weighted by molar-refractivity contribution is -0.158. The summed E-state index contributed by atoms with van der Waals surface area (Å²) in [5.41, 5.74) is -0.620. The Morgan fingerprint density at radius 2 is 2.09 bits per heavy atom. The average Bonchev–Trinajstić information content (AvgIpc) is 3.06. The van der Waals surface area contributed by atoms with E-state index in [0.29, 0.717) is 12.3 Å². The molecule has 0 spiro atoms. The van der Waals surface area contributed by atoms with Gasteiger partial charge in [0.15, 0.2) is 6.61 Å². The molecule has 22 heavy (non-hydrogen) atoms. The summed E-state index contributed by atoms with van der Waals surface area (Å²) in [7, 11) is 0. The maximum absolute atomic E-state index is 11.8. The van der Waals surface area contributed by atoms with E-state index in [9.17, 15) is 9.59 Å². The number of hydrogen-bond donors (Lipinski definition) is 0. The molecule has 2 aromatic rings. The Kier molecular flexibility index (Phi) is 4.65. The van der Waals surface area contributed by atoms with Gasteiger partial charge in [0.05, 0.1) is 6.54 Å². The van der Waals surface area contributed by atoms with Gasteiger partial charge in [-0.2, -0.15) is 5.10 Å². The van der Waals surface area contributed by atoms with Crippen LogP contribution in [-0.4, -0.2) is 33.9 Å². The summed E-state index contributed by atoms with van der Waals surface area (Å²) in [6.07, 6.45) is 3.43. The second-order valence-electron chi connectivity index (χ2n) is 5.63. The van der Waals surface area contributed by atoms with Crippen molar-refractivity contribution >= 4 is 11.9 Å². The van der Waals surface area contributed by atoms with Gasteiger partial charge in [0.2, 0.25) is 5.76 Å². The summed E-state index contributed by atoms with van der Waals surface area (Å²) in [6.45, 7) is 5.17. The molecule has 0 radical (unpaired) electrons. The van der Waals surface area contributed by atoms with E-state index < -0.39 is 24.1 Å². The molecular formula is C15H18N2O5. The van der Waals surface area contributed by atoms with Gasteiger partial charge >= 0.3 is 11.9 Å². The number of carbonyl (C=O) groups excluding carboxylic acids is 2. The van der Waals surface area contributed by atoms with Crippen LogP contribution in [0.25, 0.3) is 0 Å². The Morgan fingerprint density at radius 3 is 2.73 bits per heavy atom. The van der Waals surface area contributed by atoms with E-state index in [1.165, 1.54) is 6.07 Å². The number of aromatic nitrogens is 2. The fourth-order valence-electron chi connectivity index (χ4n) is 1.69. The molecule has 2 rings (SSSR count). The molecule has 0 saturated heterocycles. The average molecular weight is 306 g/mol. The van der Waals surface area contributed by atoms with Gasteiger partial charge in [-0.3, -0.25) is 4.68 Å². The molecule has 2 aromatic heterocycles. The Hall–Kier alpha value is -2.57. The molecule has 0 N–H and O–H groups in total. The van der Waals surface area contributed by atoms with Crippen molar-refractivity contribution in [3.05, 3.63) is 42.1 Å². The monoisotopic (exact) mass is 306 g/mol. The number of rotatable bonds is 5. The number of nitrogens with zero attached hydrogens (tertiary/aromatic N) is 2. The van der Waals surface area contributed by atoms with E-state index in [-0.39, 0.29) is 5.76 Å². The van der Waals surface area contributed by atoms with Crippen LogP contribution in [0.5, 0.6) is 0 Å². The molecular weight excluding hydrogens is 288 g/mol. The first-order valence-electron chi connectivity index (χ1n) is 6.78. The zero-order valence-corrected chi connectivity index (χ0v) is 12.7. The summed E-state index contributed by atoms with van der Waals surface area (Å²) >= 11 is 0. The fourth-order valence-corrected chi connectivity index (χ4v) is 1.69. The van der Waals surface area contributed by atoms with Gasteiger partial charge < -0.3 is 13.9 Å². The number of hydrogen-bond acceptors (Lipinski definition) is 6. The Balaban J connectivity index is 1.85. The molecule has 2 heterocycles. The lowest BCUT2D eigenvalue weighted by Crippen LogP contribution is -2.27. The summed E-state index contributed by atoms with van der Waals surface area (Å²) < 4.78 is 16.9. The second kappa shape index (κ2) is 6.46. The van der Waals surface area contributed by atoms with Crippen molar-refractivity contribution in [3.8, 4) is 0 Å². The van der Waals surface area contributed by atoms with Gasteiger partial charge in [0, 0.05) is 12.4 Å². The quantitative estimate of drug-likeness (QED) is 0.786. The molecule has 0 bridgehead atoms. The number of furan rings is 1. The predicted molar refractivity (Wildman–Crippen MR) is 76.2 cm³/mol. The minimum Gasteiger partial charge on any atom is -0.457 e. The predicted octanol–water partition coefficient (Wildman–Crippen LogP) is 2.02. The SMILES string of the molecule is CC(C)(C)OC(=O)COC(=O)c1ccc(Cn2cccn2)o1. The van der Waals surface area contributed by atoms with Crippen molar-refractivity contribution in [3.63, 3.8) is 0 Å². The Morgan fingerprint density at radius 1 is 1.32 bits per heavy atom. The van der Waals surface area contributed by atoms with Crippen LogP contribution in [-0.2, 0) is 20.8 Å². The van der Waals surface area contributed by atoms with Crippen LogP contribution >= 0.6 is 0 Å². The first-order valence-corrected chi connectivity index (χ1v) is 6.78. The van der Waals surface area contributed by atoms with E-state index in [1.807, 2.05) is 0 Å². The minimum absolute atomic E-state index is 0.0331. The lowest BCUT2D eigenvalue weighted by atomic mass is 10.2. The topological polar surface area (TPSA) is 83.6 Å². The van der Waals surface area contributed by atoms with Gasteiger partial charge in [0.1, 0.15) is 11.4 Å². The van der Waals surface area contributed by atoms with Crippen LogP contribution in [0.2, 0.25) is 0 Å². The van der Waals surface area contributed by atoms with Gasteiger partial charge in [-0.05, 0) is 39.0 Å². The normalized spacial score (nSPS) is 11.2. The van der Waals surface area contributed by atoms with Crippen LogP contribution in [0.4, 0.5) is 0 Å². The van der Waals surface area contributed by atoms with Crippen molar-refractivity contribution in [1.82, 2.24) is 9.78 Å². The third kappa shape index (κ3) is 4.76. The molecule has 0 unspecified atom stereocenters. The molecule has 0 aromatic carbocycles. The summed E-state index contributed by atoms with van der Waals surface area (Å²) in [4.78, 5) is 23.3. The number of ether oxygens (including phenoxy) is 2. The molecule has 0 aliphatic rings. The fraction of sp³-hybridized carbons (Fsp3) is 0.400. The van der Waals surface area contributed by atoms with Crippen molar-refractivity contribution in [1.29, 1.82) is 0 Å². The maximum Gasteiger partial charge on any atom is 0.374 e. The lowest BCUT2D eigenvalue weighted by Gasteiger charge is -2.19. The van der Waals surface area contributed by atoms with Crippen LogP contribution in [0.1, 0.15) is 37.1 Å². The molecule has 118 valence electrons. The molecule has 0 atom stereocenters. The highest BCUT2D eigenvalue weighted by Crippen LogP contribution is 2.11. The van der Waals surface area contributed by atoms with E-state index in [4.69, 9.17) is 13.9 Å². The van der Waals surface area contributed by atoms with Crippen LogP contribution in [0.15, 0.2) is 35.0 Å². The van der Waals surface area contributed by atoms with Gasteiger partial charge in [-0.1, -0.05) is 0 Å². The van der Waals surface area contributed by atoms with Crippen molar-refractivity contribution in [2.45, 2.75) is 32.9 Å². The molecule has 0 aliphatic heterocycles. The van der Waals surface area contributed by atoms with E-state index >= 15 is 0 Å². The van der Waals surface area contributed by atoms with Crippen LogP contribution in [0.3, 0.4) is 0 Å². The molecule has 7 heteroatoms. The molecule has 0 amide bonds. The minimum atomic E-state index is -0.711. The van der Waals surface area contributed by atoms with Gasteiger partial charge in [-0.15, -0.1) is 0 Å². The first kappa shape index (κ1) is 15.8. The van der Waals surface area contributed by atoms with Crippen molar-refractivity contribution in [2.24, 2.45) is 0 Å². The Bertz CT molecular complexity index is 637. The molecule has 0 saturated carbocycles. The van der Waals surface area contributed by atoms with Crippen molar-refractivity contribution < 1.29 is 23.5 Å². The van der Waals surface area contributed by atoms with Gasteiger partial charge in [-0.25, -0.2) is 9.59 Å². The summed E-state index contributed by atoms with van der Waals surface area (Å²) in [6, 6.07) is 4.95. The van der Waals surface area contributed by atoms with Crippen LogP contribution < -0.4 is 0 Å². The number of carbonyl (C=O) groups is 2. The smallest absolute Gasteiger partial charge is 0.374 e. The molecule has 0 aliphatic carbocycles. The zero-order chi connectivity index (χ0) is 16.2. The summed E-state index contributed by atoms with van der Waals surface area (Å²) in [5.74, 6) is -0.722. The van der Waals surface area contributed by atoms with E-state index in [2.05, 4.69) is 5.10 Å². The van der Waals surface area contributed by atoms with Crippen molar-refractivity contribution in [2.75, 3.05) is 6.61 Å². The number of esters is 2. The molecule has 7 nitrogen and oxygen atoms in total.